The van der Waals surface area contributed by atoms with Crippen molar-refractivity contribution in [3.05, 3.63) is 23.8 Å². The lowest BCUT2D eigenvalue weighted by atomic mass is 10.2. The van der Waals surface area contributed by atoms with Crippen LogP contribution >= 0.6 is 0 Å². The first-order chi connectivity index (χ1) is 9.01. The molecule has 0 aliphatic carbocycles. The Balaban J connectivity index is 2.37. The summed E-state index contributed by atoms with van der Waals surface area (Å²) in [6.07, 6.45) is 5.01. The second-order valence-electron chi connectivity index (χ2n) is 5.34. The molecular formula is C14H23N5. The standard InChI is InChI=1S/C14H23N5/c1-6-12-13(9-18(5)17-12)19-8-11(4)16-14(19)15-7-10(2)3/h8-10H,6-7H2,1-5H3,(H,15,16). The fraction of sp³-hybridized carbons (Fsp3) is 0.571. The molecule has 0 atom stereocenters. The number of nitrogens with zero attached hydrogens (tertiary/aromatic N) is 4. The first kappa shape index (κ1) is 13.6. The first-order valence-electron chi connectivity index (χ1n) is 6.84. The number of anilines is 1. The quantitative estimate of drug-likeness (QED) is 0.899. The van der Waals surface area contributed by atoms with Gasteiger partial charge in [0.25, 0.3) is 0 Å². The van der Waals surface area contributed by atoms with Gasteiger partial charge in [-0.2, -0.15) is 5.10 Å². The highest BCUT2D eigenvalue weighted by molar-refractivity contribution is 5.45. The van der Waals surface area contributed by atoms with Crippen LogP contribution in [-0.2, 0) is 13.5 Å². The maximum atomic E-state index is 4.56. The molecule has 2 rings (SSSR count). The predicted molar refractivity (Wildman–Crippen MR) is 77.8 cm³/mol. The molecule has 5 heteroatoms. The lowest BCUT2D eigenvalue weighted by molar-refractivity contribution is 0.683. The second-order valence-corrected chi connectivity index (χ2v) is 5.34. The molecule has 0 bridgehead atoms. The van der Waals surface area contributed by atoms with Gasteiger partial charge >= 0.3 is 0 Å². The van der Waals surface area contributed by atoms with Crippen LogP contribution in [0.1, 0.15) is 32.2 Å². The number of hydrogen-bond acceptors (Lipinski definition) is 3. The van der Waals surface area contributed by atoms with Gasteiger partial charge in [0.15, 0.2) is 0 Å². The lowest BCUT2D eigenvalue weighted by Gasteiger charge is -2.10. The highest BCUT2D eigenvalue weighted by Gasteiger charge is 2.13. The van der Waals surface area contributed by atoms with Crippen molar-refractivity contribution in [3.8, 4) is 5.69 Å². The Morgan fingerprint density at radius 2 is 2.05 bits per heavy atom. The summed E-state index contributed by atoms with van der Waals surface area (Å²) in [7, 11) is 1.95. The number of aromatic nitrogens is 4. The number of imidazole rings is 1. The molecule has 0 aromatic carbocycles. The van der Waals surface area contributed by atoms with Gasteiger partial charge in [-0.25, -0.2) is 4.98 Å². The summed E-state index contributed by atoms with van der Waals surface area (Å²) in [5.74, 6) is 1.49. The van der Waals surface area contributed by atoms with E-state index >= 15 is 0 Å². The normalized spacial score (nSPS) is 11.3. The van der Waals surface area contributed by atoms with Crippen LogP contribution in [-0.4, -0.2) is 25.9 Å². The molecule has 19 heavy (non-hydrogen) atoms. The van der Waals surface area contributed by atoms with E-state index in [0.29, 0.717) is 5.92 Å². The molecule has 2 heterocycles. The van der Waals surface area contributed by atoms with E-state index in [1.165, 1.54) is 0 Å². The van der Waals surface area contributed by atoms with Crippen molar-refractivity contribution in [1.29, 1.82) is 0 Å². The van der Waals surface area contributed by atoms with Gasteiger partial charge in [0.05, 0.1) is 17.1 Å². The first-order valence-corrected chi connectivity index (χ1v) is 6.84. The minimum absolute atomic E-state index is 0.588. The third-order valence-electron chi connectivity index (χ3n) is 2.97. The Bertz CT molecular complexity index is 550. The number of hydrogen-bond donors (Lipinski definition) is 1. The van der Waals surface area contributed by atoms with Crippen molar-refractivity contribution in [1.82, 2.24) is 19.3 Å². The van der Waals surface area contributed by atoms with E-state index < -0.39 is 0 Å². The Morgan fingerprint density at radius 1 is 1.32 bits per heavy atom. The van der Waals surface area contributed by atoms with Crippen LogP contribution in [0.3, 0.4) is 0 Å². The average Bonchev–Trinajstić information content (AvgIpc) is 2.89. The highest BCUT2D eigenvalue weighted by atomic mass is 15.3. The average molecular weight is 261 g/mol. The van der Waals surface area contributed by atoms with Crippen molar-refractivity contribution in [2.24, 2.45) is 13.0 Å². The smallest absolute Gasteiger partial charge is 0.207 e. The molecule has 1 N–H and O–H groups in total. The van der Waals surface area contributed by atoms with Gasteiger partial charge in [-0.1, -0.05) is 20.8 Å². The zero-order valence-electron chi connectivity index (χ0n) is 12.4. The number of rotatable bonds is 5. The summed E-state index contributed by atoms with van der Waals surface area (Å²) >= 11 is 0. The van der Waals surface area contributed by atoms with E-state index in [-0.39, 0.29) is 0 Å². The molecule has 0 fully saturated rings. The highest BCUT2D eigenvalue weighted by Crippen LogP contribution is 2.20. The molecule has 0 aliphatic rings. The van der Waals surface area contributed by atoms with Gasteiger partial charge in [0, 0.05) is 26.0 Å². The fourth-order valence-electron chi connectivity index (χ4n) is 2.08. The molecular weight excluding hydrogens is 238 g/mol. The molecule has 104 valence electrons. The topological polar surface area (TPSA) is 47.7 Å². The summed E-state index contributed by atoms with van der Waals surface area (Å²) in [4.78, 5) is 4.56. The number of aryl methyl sites for hydroxylation is 3. The fourth-order valence-corrected chi connectivity index (χ4v) is 2.08. The van der Waals surface area contributed by atoms with E-state index in [4.69, 9.17) is 0 Å². The van der Waals surface area contributed by atoms with Gasteiger partial charge in [0.2, 0.25) is 5.95 Å². The van der Waals surface area contributed by atoms with E-state index in [1.54, 1.807) is 0 Å². The zero-order valence-corrected chi connectivity index (χ0v) is 12.4. The predicted octanol–water partition coefficient (Wildman–Crippen LogP) is 2.54. The molecule has 2 aromatic heterocycles. The van der Waals surface area contributed by atoms with E-state index in [1.807, 2.05) is 24.9 Å². The van der Waals surface area contributed by atoms with Crippen molar-refractivity contribution in [2.75, 3.05) is 11.9 Å². The summed E-state index contributed by atoms with van der Waals surface area (Å²) < 4.78 is 3.96. The van der Waals surface area contributed by atoms with Gasteiger partial charge in [0.1, 0.15) is 0 Å². The third-order valence-corrected chi connectivity index (χ3v) is 2.97. The molecule has 0 saturated heterocycles. The molecule has 0 spiro atoms. The molecule has 5 nitrogen and oxygen atoms in total. The Hall–Kier alpha value is -1.78. The van der Waals surface area contributed by atoms with E-state index in [0.717, 1.165) is 36.0 Å². The minimum Gasteiger partial charge on any atom is -0.355 e. The molecule has 2 aromatic rings. The molecule has 0 amide bonds. The molecule has 0 aliphatic heterocycles. The van der Waals surface area contributed by atoms with Crippen LogP contribution < -0.4 is 5.32 Å². The summed E-state index contributed by atoms with van der Waals surface area (Å²) in [5.41, 5.74) is 3.21. The van der Waals surface area contributed by atoms with Crippen LogP contribution in [0.15, 0.2) is 12.4 Å². The van der Waals surface area contributed by atoms with Crippen molar-refractivity contribution >= 4 is 5.95 Å². The minimum atomic E-state index is 0.588. The SMILES string of the molecule is CCc1nn(C)cc1-n1cc(C)nc1NCC(C)C. The molecule has 0 saturated carbocycles. The van der Waals surface area contributed by atoms with Crippen molar-refractivity contribution in [2.45, 2.75) is 34.1 Å². The maximum Gasteiger partial charge on any atom is 0.207 e. The third kappa shape index (κ3) is 2.97. The van der Waals surface area contributed by atoms with Crippen LogP contribution in [0.5, 0.6) is 0 Å². The Labute approximate surface area is 114 Å². The second kappa shape index (κ2) is 5.47. The van der Waals surface area contributed by atoms with E-state index in [9.17, 15) is 0 Å². The summed E-state index contributed by atoms with van der Waals surface area (Å²) in [5, 5.41) is 7.90. The van der Waals surface area contributed by atoms with Crippen molar-refractivity contribution in [3.63, 3.8) is 0 Å². The summed E-state index contributed by atoms with van der Waals surface area (Å²) in [6.45, 7) is 9.43. The Kier molecular flexibility index (Phi) is 3.93. The zero-order chi connectivity index (χ0) is 14.0. The van der Waals surface area contributed by atoms with Gasteiger partial charge in [-0.3, -0.25) is 9.25 Å². The number of nitrogens with one attached hydrogen (secondary N) is 1. The molecule has 0 unspecified atom stereocenters. The summed E-state index contributed by atoms with van der Waals surface area (Å²) in [6, 6.07) is 0. The monoisotopic (exact) mass is 261 g/mol. The van der Waals surface area contributed by atoms with Crippen LogP contribution in [0, 0.1) is 12.8 Å². The lowest BCUT2D eigenvalue weighted by Crippen LogP contribution is -2.12. The van der Waals surface area contributed by atoms with Gasteiger partial charge in [-0.15, -0.1) is 0 Å². The van der Waals surface area contributed by atoms with Crippen LogP contribution in [0.4, 0.5) is 5.95 Å². The largest absolute Gasteiger partial charge is 0.355 e. The van der Waals surface area contributed by atoms with E-state index in [2.05, 4.69) is 46.9 Å². The van der Waals surface area contributed by atoms with Crippen LogP contribution in [0.2, 0.25) is 0 Å². The Morgan fingerprint density at radius 3 is 2.68 bits per heavy atom. The molecule has 0 radical (unpaired) electrons. The van der Waals surface area contributed by atoms with Crippen molar-refractivity contribution < 1.29 is 0 Å². The van der Waals surface area contributed by atoms with Gasteiger partial charge < -0.3 is 5.32 Å². The van der Waals surface area contributed by atoms with Crippen LogP contribution in [0.25, 0.3) is 5.69 Å². The maximum absolute atomic E-state index is 4.56. The van der Waals surface area contributed by atoms with Gasteiger partial charge in [-0.05, 0) is 19.3 Å².